The summed E-state index contributed by atoms with van der Waals surface area (Å²) in [4.78, 5) is 15.1. The zero-order chi connectivity index (χ0) is 21.2. The monoisotopic (exact) mass is 440 g/mol. The Labute approximate surface area is 180 Å². The van der Waals surface area contributed by atoms with Crippen molar-refractivity contribution in [1.82, 2.24) is 10.2 Å². The number of halogens is 4. The van der Waals surface area contributed by atoms with Gasteiger partial charge in [-0.2, -0.15) is 0 Å². The van der Waals surface area contributed by atoms with Crippen LogP contribution in [0.2, 0.25) is 10.0 Å². The van der Waals surface area contributed by atoms with Gasteiger partial charge in [0.05, 0.1) is 12.5 Å². The maximum absolute atomic E-state index is 13.9. The molecule has 3 rings (SSSR count). The second-order valence-electron chi connectivity index (χ2n) is 7.98. The predicted molar refractivity (Wildman–Crippen MR) is 112 cm³/mol. The first kappa shape index (κ1) is 22.0. The van der Waals surface area contributed by atoms with E-state index < -0.39 is 23.2 Å². The molecule has 1 amide bonds. The minimum Gasteiger partial charge on any atom is -0.347 e. The highest BCUT2D eigenvalue weighted by Gasteiger charge is 2.38. The number of amides is 1. The van der Waals surface area contributed by atoms with Crippen LogP contribution in [0.1, 0.15) is 43.9 Å². The number of hydrogen-bond acceptors (Lipinski definition) is 2. The van der Waals surface area contributed by atoms with E-state index in [1.165, 1.54) is 6.07 Å². The molecule has 0 bridgehead atoms. The van der Waals surface area contributed by atoms with Gasteiger partial charge in [-0.1, -0.05) is 29.3 Å². The Morgan fingerprint density at radius 1 is 1.07 bits per heavy atom. The van der Waals surface area contributed by atoms with Crippen LogP contribution in [0.3, 0.4) is 0 Å². The normalized spacial score (nSPS) is 16.1. The number of benzene rings is 2. The number of nitrogens with zero attached hydrogens (tertiary/aromatic N) is 1. The molecule has 0 aromatic heterocycles. The van der Waals surface area contributed by atoms with Crippen molar-refractivity contribution in [2.45, 2.75) is 44.7 Å². The van der Waals surface area contributed by atoms with E-state index in [9.17, 15) is 13.6 Å². The topological polar surface area (TPSA) is 32.3 Å². The highest BCUT2D eigenvalue weighted by Crippen LogP contribution is 2.34. The lowest BCUT2D eigenvalue weighted by Crippen LogP contribution is -2.53. The van der Waals surface area contributed by atoms with Gasteiger partial charge in [-0.05, 0) is 81.2 Å². The number of carbonyl (C=O) groups is 1. The molecular weight excluding hydrogens is 417 g/mol. The maximum atomic E-state index is 13.9. The van der Waals surface area contributed by atoms with Crippen molar-refractivity contribution < 1.29 is 13.6 Å². The minimum atomic E-state index is -0.930. The number of nitrogens with one attached hydrogen (secondary N) is 1. The van der Waals surface area contributed by atoms with E-state index in [0.29, 0.717) is 21.2 Å². The SMILES string of the molecule is CC(C)(C(NC(=O)Cc1cc(Cl)cc(Cl)c1)c1ccc(F)c(F)c1)N1CCCC1. The van der Waals surface area contributed by atoms with E-state index in [4.69, 9.17) is 23.2 Å². The van der Waals surface area contributed by atoms with Crippen molar-refractivity contribution in [2.24, 2.45) is 0 Å². The summed E-state index contributed by atoms with van der Waals surface area (Å²) in [7, 11) is 0. The number of likely N-dealkylation sites (tertiary alicyclic amines) is 1. The fraction of sp³-hybridized carbons (Fsp3) is 0.409. The average Bonchev–Trinajstić information content (AvgIpc) is 3.17. The predicted octanol–water partition coefficient (Wildman–Crippen LogP) is 5.55. The Hall–Kier alpha value is -1.69. The van der Waals surface area contributed by atoms with Crippen molar-refractivity contribution >= 4 is 29.1 Å². The summed E-state index contributed by atoms with van der Waals surface area (Å²) >= 11 is 12.1. The van der Waals surface area contributed by atoms with Gasteiger partial charge in [-0.3, -0.25) is 9.69 Å². The molecule has 0 spiro atoms. The van der Waals surface area contributed by atoms with Crippen molar-refractivity contribution in [3.8, 4) is 0 Å². The van der Waals surface area contributed by atoms with Gasteiger partial charge in [0, 0.05) is 15.6 Å². The molecule has 0 saturated carbocycles. The summed E-state index contributed by atoms with van der Waals surface area (Å²) in [5.74, 6) is -2.09. The molecule has 7 heteroatoms. The van der Waals surface area contributed by atoms with Gasteiger partial charge >= 0.3 is 0 Å². The largest absolute Gasteiger partial charge is 0.347 e. The third-order valence-corrected chi connectivity index (χ3v) is 5.93. The molecule has 1 aliphatic rings. The molecular formula is C22H24Cl2F2N2O. The molecule has 2 aromatic carbocycles. The lowest BCUT2D eigenvalue weighted by molar-refractivity contribution is -0.122. The second kappa shape index (κ2) is 8.99. The van der Waals surface area contributed by atoms with Gasteiger partial charge in [0.1, 0.15) is 0 Å². The minimum absolute atomic E-state index is 0.0799. The zero-order valence-electron chi connectivity index (χ0n) is 16.4. The van der Waals surface area contributed by atoms with Gasteiger partial charge in [0.2, 0.25) is 5.91 Å². The van der Waals surface area contributed by atoms with Gasteiger partial charge in [0.15, 0.2) is 11.6 Å². The summed E-state index contributed by atoms with van der Waals surface area (Å²) in [5, 5.41) is 3.94. The number of rotatable bonds is 6. The van der Waals surface area contributed by atoms with Crippen molar-refractivity contribution in [1.29, 1.82) is 0 Å². The van der Waals surface area contributed by atoms with Crippen molar-refractivity contribution in [3.05, 3.63) is 69.2 Å². The number of carbonyl (C=O) groups excluding carboxylic acids is 1. The number of hydrogen-bond donors (Lipinski definition) is 1. The summed E-state index contributed by atoms with van der Waals surface area (Å²) in [5.41, 5.74) is 0.726. The van der Waals surface area contributed by atoms with Crippen LogP contribution in [-0.4, -0.2) is 29.4 Å². The summed E-state index contributed by atoms with van der Waals surface area (Å²) in [6.45, 7) is 5.82. The molecule has 0 radical (unpaired) electrons. The van der Waals surface area contributed by atoms with Crippen LogP contribution in [0.5, 0.6) is 0 Å². The van der Waals surface area contributed by atoms with Crippen LogP contribution >= 0.6 is 23.2 Å². The van der Waals surface area contributed by atoms with Gasteiger partial charge in [-0.15, -0.1) is 0 Å². The van der Waals surface area contributed by atoms with Crippen molar-refractivity contribution in [2.75, 3.05) is 13.1 Å². The molecule has 1 atom stereocenters. The Balaban J connectivity index is 1.87. The third-order valence-electron chi connectivity index (χ3n) is 5.50. The van der Waals surface area contributed by atoms with E-state index >= 15 is 0 Å². The molecule has 1 unspecified atom stereocenters. The first-order valence-corrected chi connectivity index (χ1v) is 10.4. The van der Waals surface area contributed by atoms with E-state index in [0.717, 1.165) is 38.1 Å². The third kappa shape index (κ3) is 5.27. The Morgan fingerprint density at radius 3 is 2.28 bits per heavy atom. The molecule has 29 heavy (non-hydrogen) atoms. The van der Waals surface area contributed by atoms with Crippen LogP contribution in [0, 0.1) is 11.6 Å². The Bertz CT molecular complexity index is 878. The molecule has 1 aliphatic heterocycles. The zero-order valence-corrected chi connectivity index (χ0v) is 18.0. The van der Waals surface area contributed by atoms with E-state index in [2.05, 4.69) is 10.2 Å². The van der Waals surface area contributed by atoms with Crippen LogP contribution in [0.4, 0.5) is 8.78 Å². The molecule has 1 N–H and O–H groups in total. The molecule has 0 aliphatic carbocycles. The highest BCUT2D eigenvalue weighted by atomic mass is 35.5. The van der Waals surface area contributed by atoms with E-state index in [-0.39, 0.29) is 12.3 Å². The lowest BCUT2D eigenvalue weighted by Gasteiger charge is -2.42. The van der Waals surface area contributed by atoms with Crippen molar-refractivity contribution in [3.63, 3.8) is 0 Å². The Morgan fingerprint density at radius 2 is 1.69 bits per heavy atom. The van der Waals surface area contributed by atoms with Crippen LogP contribution in [0.25, 0.3) is 0 Å². The Kier molecular flexibility index (Phi) is 6.82. The van der Waals surface area contributed by atoms with Gasteiger partial charge in [-0.25, -0.2) is 8.78 Å². The summed E-state index contributed by atoms with van der Waals surface area (Å²) in [6.07, 6.45) is 2.22. The molecule has 156 valence electrons. The molecule has 1 heterocycles. The maximum Gasteiger partial charge on any atom is 0.224 e. The fourth-order valence-electron chi connectivity index (χ4n) is 3.95. The standard InChI is InChI=1S/C22H24Cl2F2N2O/c1-22(2,28-7-3-4-8-28)21(15-5-6-18(25)19(26)12-15)27-20(29)11-14-9-16(23)13-17(24)10-14/h5-6,9-10,12-13,21H,3-4,7-8,11H2,1-2H3,(H,27,29). The summed E-state index contributed by atoms with van der Waals surface area (Å²) in [6, 6.07) is 8.24. The average molecular weight is 441 g/mol. The van der Waals surface area contributed by atoms with Gasteiger partial charge in [0.25, 0.3) is 0 Å². The van der Waals surface area contributed by atoms with Crippen LogP contribution < -0.4 is 5.32 Å². The quantitative estimate of drug-likeness (QED) is 0.638. The first-order valence-electron chi connectivity index (χ1n) is 9.61. The lowest BCUT2D eigenvalue weighted by atomic mass is 9.86. The second-order valence-corrected chi connectivity index (χ2v) is 8.85. The molecule has 1 fully saturated rings. The molecule has 1 saturated heterocycles. The van der Waals surface area contributed by atoms with E-state index in [1.54, 1.807) is 18.2 Å². The van der Waals surface area contributed by atoms with E-state index in [1.807, 2.05) is 13.8 Å². The van der Waals surface area contributed by atoms with Gasteiger partial charge < -0.3 is 5.32 Å². The fourth-order valence-corrected chi connectivity index (χ4v) is 4.52. The molecule has 3 nitrogen and oxygen atoms in total. The van der Waals surface area contributed by atoms with Crippen LogP contribution in [-0.2, 0) is 11.2 Å². The molecule has 2 aromatic rings. The highest BCUT2D eigenvalue weighted by molar-refractivity contribution is 6.34. The van der Waals surface area contributed by atoms with Crippen LogP contribution in [0.15, 0.2) is 36.4 Å². The summed E-state index contributed by atoms with van der Waals surface area (Å²) < 4.78 is 27.4. The smallest absolute Gasteiger partial charge is 0.224 e. The first-order chi connectivity index (χ1) is 13.7.